The Labute approximate surface area is 74.5 Å². The van der Waals surface area contributed by atoms with Crippen LogP contribution in [0.5, 0.6) is 0 Å². The van der Waals surface area contributed by atoms with Crippen molar-refractivity contribution in [1.82, 2.24) is 0 Å². The molecule has 2 unspecified atom stereocenters. The highest BCUT2D eigenvalue weighted by Gasteiger charge is 2.17. The molecule has 12 heavy (non-hydrogen) atoms. The van der Waals surface area contributed by atoms with Crippen molar-refractivity contribution in [2.75, 3.05) is 19.8 Å². The van der Waals surface area contributed by atoms with E-state index in [1.54, 1.807) is 6.08 Å². The molecule has 0 radical (unpaired) electrons. The van der Waals surface area contributed by atoms with Crippen LogP contribution >= 0.6 is 0 Å². The maximum Gasteiger partial charge on any atom is 0.0957 e. The minimum absolute atomic E-state index is 0.0882. The molecule has 3 heteroatoms. The first-order valence-electron chi connectivity index (χ1n) is 4.24. The predicted molar refractivity (Wildman–Crippen MR) is 50.1 cm³/mol. The van der Waals surface area contributed by atoms with Gasteiger partial charge in [-0.15, -0.1) is 6.58 Å². The SMILES string of the molecule is C=CC.CC(N)C1COCCO1. The fraction of sp³-hybridized carbons (Fsp3) is 0.778. The largest absolute Gasteiger partial charge is 0.376 e. The Balaban J connectivity index is 0.000000354. The molecule has 2 N–H and O–H groups in total. The molecule has 3 nitrogen and oxygen atoms in total. The van der Waals surface area contributed by atoms with Crippen molar-refractivity contribution in [3.8, 4) is 0 Å². The Morgan fingerprint density at radius 3 is 2.42 bits per heavy atom. The standard InChI is InChI=1S/C6H13NO2.C3H6/c1-5(7)6-4-8-2-3-9-6;1-3-2/h5-6H,2-4,7H2,1H3;3H,1H2,2H3. The Bertz CT molecular complexity index is 109. The molecule has 0 amide bonds. The monoisotopic (exact) mass is 173 g/mol. The van der Waals surface area contributed by atoms with E-state index in [0.717, 1.165) is 0 Å². The van der Waals surface area contributed by atoms with Crippen LogP contribution in [0, 0.1) is 0 Å². The van der Waals surface area contributed by atoms with Gasteiger partial charge in [-0.2, -0.15) is 0 Å². The second kappa shape index (κ2) is 7.28. The minimum Gasteiger partial charge on any atom is -0.376 e. The lowest BCUT2D eigenvalue weighted by molar-refractivity contribution is -0.0948. The van der Waals surface area contributed by atoms with Crippen LogP contribution in [-0.4, -0.2) is 32.0 Å². The van der Waals surface area contributed by atoms with E-state index in [4.69, 9.17) is 15.2 Å². The second-order valence-electron chi connectivity index (χ2n) is 2.75. The van der Waals surface area contributed by atoms with Crippen LogP contribution in [0.15, 0.2) is 12.7 Å². The van der Waals surface area contributed by atoms with E-state index in [2.05, 4.69) is 6.58 Å². The van der Waals surface area contributed by atoms with Crippen molar-refractivity contribution < 1.29 is 9.47 Å². The lowest BCUT2D eigenvalue weighted by atomic mass is 10.2. The van der Waals surface area contributed by atoms with Gasteiger partial charge in [-0.25, -0.2) is 0 Å². The molecule has 0 spiro atoms. The van der Waals surface area contributed by atoms with Crippen LogP contribution in [0.25, 0.3) is 0 Å². The van der Waals surface area contributed by atoms with Gasteiger partial charge < -0.3 is 15.2 Å². The normalized spacial score (nSPS) is 25.1. The zero-order valence-electron chi connectivity index (χ0n) is 7.95. The van der Waals surface area contributed by atoms with Gasteiger partial charge in [0.2, 0.25) is 0 Å². The van der Waals surface area contributed by atoms with Gasteiger partial charge in [-0.05, 0) is 13.8 Å². The highest BCUT2D eigenvalue weighted by atomic mass is 16.6. The summed E-state index contributed by atoms with van der Waals surface area (Å²) in [5.74, 6) is 0. The van der Waals surface area contributed by atoms with Gasteiger partial charge in [0.1, 0.15) is 0 Å². The minimum atomic E-state index is 0.0882. The van der Waals surface area contributed by atoms with Crippen molar-refractivity contribution in [3.63, 3.8) is 0 Å². The first-order valence-corrected chi connectivity index (χ1v) is 4.24. The van der Waals surface area contributed by atoms with Crippen molar-refractivity contribution in [3.05, 3.63) is 12.7 Å². The van der Waals surface area contributed by atoms with Crippen LogP contribution in [0.2, 0.25) is 0 Å². The number of hydrogen-bond donors (Lipinski definition) is 1. The van der Waals surface area contributed by atoms with Crippen LogP contribution in [0.3, 0.4) is 0 Å². The topological polar surface area (TPSA) is 44.5 Å². The molecule has 72 valence electrons. The zero-order chi connectivity index (χ0) is 9.40. The third-order valence-corrected chi connectivity index (χ3v) is 1.43. The molecular formula is C9H19NO2. The third-order valence-electron chi connectivity index (χ3n) is 1.43. The first-order chi connectivity index (χ1) is 5.72. The van der Waals surface area contributed by atoms with E-state index < -0.39 is 0 Å². The maximum absolute atomic E-state index is 5.56. The molecule has 1 fully saturated rings. The van der Waals surface area contributed by atoms with E-state index in [9.17, 15) is 0 Å². The molecule has 1 heterocycles. The van der Waals surface area contributed by atoms with Crippen LogP contribution < -0.4 is 5.73 Å². The van der Waals surface area contributed by atoms with E-state index >= 15 is 0 Å². The average molecular weight is 173 g/mol. The van der Waals surface area contributed by atoms with E-state index in [1.165, 1.54) is 0 Å². The Hall–Kier alpha value is -0.380. The summed E-state index contributed by atoms with van der Waals surface area (Å²) in [5.41, 5.74) is 5.56. The maximum atomic E-state index is 5.56. The molecule has 0 bridgehead atoms. The predicted octanol–water partition coefficient (Wildman–Crippen LogP) is 0.941. The Morgan fingerprint density at radius 1 is 1.58 bits per heavy atom. The van der Waals surface area contributed by atoms with Crippen LogP contribution in [-0.2, 0) is 9.47 Å². The molecule has 0 saturated carbocycles. The Morgan fingerprint density at radius 2 is 2.17 bits per heavy atom. The molecule has 0 aromatic carbocycles. The number of rotatable bonds is 1. The second-order valence-corrected chi connectivity index (χ2v) is 2.75. The molecular weight excluding hydrogens is 154 g/mol. The number of hydrogen-bond acceptors (Lipinski definition) is 3. The smallest absolute Gasteiger partial charge is 0.0957 e. The highest BCUT2D eigenvalue weighted by Crippen LogP contribution is 2.02. The molecule has 0 aromatic rings. The summed E-state index contributed by atoms with van der Waals surface area (Å²) in [6, 6.07) is 0.0882. The molecule has 1 aliphatic rings. The number of nitrogens with two attached hydrogens (primary N) is 1. The van der Waals surface area contributed by atoms with Crippen LogP contribution in [0.4, 0.5) is 0 Å². The lowest BCUT2D eigenvalue weighted by Crippen LogP contribution is -2.41. The summed E-state index contributed by atoms with van der Waals surface area (Å²) in [4.78, 5) is 0. The molecule has 0 aromatic heterocycles. The van der Waals surface area contributed by atoms with E-state index in [0.29, 0.717) is 19.8 Å². The molecule has 1 saturated heterocycles. The fourth-order valence-electron chi connectivity index (χ4n) is 0.810. The summed E-state index contributed by atoms with van der Waals surface area (Å²) < 4.78 is 10.4. The van der Waals surface area contributed by atoms with Gasteiger partial charge in [0.25, 0.3) is 0 Å². The molecule has 1 aliphatic heterocycles. The summed E-state index contributed by atoms with van der Waals surface area (Å²) >= 11 is 0. The third kappa shape index (κ3) is 5.29. The van der Waals surface area contributed by atoms with Gasteiger partial charge in [0.05, 0.1) is 25.9 Å². The quantitative estimate of drug-likeness (QED) is 0.600. The van der Waals surface area contributed by atoms with Gasteiger partial charge in [0, 0.05) is 6.04 Å². The van der Waals surface area contributed by atoms with Gasteiger partial charge in [-0.1, -0.05) is 6.08 Å². The van der Waals surface area contributed by atoms with Gasteiger partial charge in [0.15, 0.2) is 0 Å². The summed E-state index contributed by atoms with van der Waals surface area (Å²) in [6.07, 6.45) is 1.86. The average Bonchev–Trinajstić information content (AvgIpc) is 2.07. The van der Waals surface area contributed by atoms with Gasteiger partial charge >= 0.3 is 0 Å². The van der Waals surface area contributed by atoms with Crippen LogP contribution in [0.1, 0.15) is 13.8 Å². The van der Waals surface area contributed by atoms with Crippen molar-refractivity contribution in [2.45, 2.75) is 26.0 Å². The Kier molecular flexibility index (Phi) is 7.05. The van der Waals surface area contributed by atoms with Crippen molar-refractivity contribution >= 4 is 0 Å². The highest BCUT2D eigenvalue weighted by molar-refractivity contribution is 4.69. The fourth-order valence-corrected chi connectivity index (χ4v) is 0.810. The number of allylic oxidation sites excluding steroid dienone is 1. The van der Waals surface area contributed by atoms with Gasteiger partial charge in [-0.3, -0.25) is 0 Å². The van der Waals surface area contributed by atoms with Crippen molar-refractivity contribution in [2.24, 2.45) is 5.73 Å². The first kappa shape index (κ1) is 11.6. The van der Waals surface area contributed by atoms with E-state index in [1.807, 2.05) is 13.8 Å². The molecule has 2 atom stereocenters. The molecule has 1 rings (SSSR count). The van der Waals surface area contributed by atoms with Crippen molar-refractivity contribution in [1.29, 1.82) is 0 Å². The summed E-state index contributed by atoms with van der Waals surface area (Å²) in [5, 5.41) is 0. The van der Waals surface area contributed by atoms with E-state index in [-0.39, 0.29) is 12.1 Å². The zero-order valence-corrected chi connectivity index (χ0v) is 7.95. The lowest BCUT2D eigenvalue weighted by Gasteiger charge is -2.25. The number of ether oxygens (including phenoxy) is 2. The molecule has 0 aliphatic carbocycles. The summed E-state index contributed by atoms with van der Waals surface area (Å²) in [7, 11) is 0. The summed E-state index contributed by atoms with van der Waals surface area (Å²) in [6.45, 7) is 9.23.